The van der Waals surface area contributed by atoms with E-state index < -0.39 is 17.7 Å². The summed E-state index contributed by atoms with van der Waals surface area (Å²) in [7, 11) is 0. The van der Waals surface area contributed by atoms with Crippen molar-refractivity contribution in [3.63, 3.8) is 0 Å². The second kappa shape index (κ2) is 6.16. The van der Waals surface area contributed by atoms with Gasteiger partial charge in [0.2, 0.25) is 0 Å². The van der Waals surface area contributed by atoms with Crippen LogP contribution in [0.25, 0.3) is 6.08 Å². The van der Waals surface area contributed by atoms with Gasteiger partial charge in [0.1, 0.15) is 5.57 Å². The Morgan fingerprint density at radius 2 is 1.70 bits per heavy atom. The third kappa shape index (κ3) is 3.62. The first-order valence-electron chi connectivity index (χ1n) is 7.93. The summed E-state index contributed by atoms with van der Waals surface area (Å²) >= 11 is 0. The van der Waals surface area contributed by atoms with E-state index in [1.54, 1.807) is 19.9 Å². The fraction of sp³-hybridized carbons (Fsp3) is 0.444. The summed E-state index contributed by atoms with van der Waals surface area (Å²) in [6.45, 7) is 6.07. The highest BCUT2D eigenvalue weighted by Gasteiger charge is 2.38. The van der Waals surface area contributed by atoms with Crippen LogP contribution in [0.15, 0.2) is 29.8 Å². The molecule has 2 heterocycles. The molecule has 122 valence electrons. The summed E-state index contributed by atoms with van der Waals surface area (Å²) in [4.78, 5) is 26.5. The molecule has 0 bridgehead atoms. The summed E-state index contributed by atoms with van der Waals surface area (Å²) in [5, 5.41) is 0. The molecule has 5 nitrogen and oxygen atoms in total. The van der Waals surface area contributed by atoms with E-state index in [1.807, 2.05) is 24.3 Å². The van der Waals surface area contributed by atoms with Gasteiger partial charge in [0, 0.05) is 20.4 Å². The molecule has 0 spiro atoms. The van der Waals surface area contributed by atoms with Crippen molar-refractivity contribution >= 4 is 18.0 Å². The number of cyclic esters (lactones) is 2. The van der Waals surface area contributed by atoms with E-state index in [2.05, 4.69) is 4.90 Å². The Labute approximate surface area is 135 Å². The molecule has 0 unspecified atom stereocenters. The van der Waals surface area contributed by atoms with Crippen LogP contribution < -0.4 is 0 Å². The number of esters is 2. The lowest BCUT2D eigenvalue weighted by Crippen LogP contribution is -2.41. The molecular formula is C18H21NO4. The molecule has 0 amide bonds. The summed E-state index contributed by atoms with van der Waals surface area (Å²) < 4.78 is 10.3. The first-order chi connectivity index (χ1) is 10.9. The van der Waals surface area contributed by atoms with E-state index in [-0.39, 0.29) is 5.57 Å². The van der Waals surface area contributed by atoms with Crippen molar-refractivity contribution in [2.75, 3.05) is 13.1 Å². The molecule has 2 aliphatic rings. The highest BCUT2D eigenvalue weighted by Crippen LogP contribution is 2.25. The molecule has 1 aromatic carbocycles. The van der Waals surface area contributed by atoms with E-state index in [9.17, 15) is 9.59 Å². The van der Waals surface area contributed by atoms with Crippen LogP contribution in [0.2, 0.25) is 0 Å². The Morgan fingerprint density at radius 1 is 1.09 bits per heavy atom. The van der Waals surface area contributed by atoms with Crippen LogP contribution in [0.3, 0.4) is 0 Å². The standard InChI is InChI=1S/C18H21NO4/c1-18(2)22-16(20)15(17(21)23-18)11-13-7-3-4-8-14(13)12-19-9-5-6-10-19/h3-4,7-8,11H,5-6,9-10,12H2,1-2H3. The van der Waals surface area contributed by atoms with Gasteiger partial charge < -0.3 is 9.47 Å². The van der Waals surface area contributed by atoms with E-state index >= 15 is 0 Å². The molecule has 23 heavy (non-hydrogen) atoms. The van der Waals surface area contributed by atoms with Gasteiger partial charge in [-0.15, -0.1) is 0 Å². The average molecular weight is 315 g/mol. The zero-order chi connectivity index (χ0) is 16.4. The minimum Gasteiger partial charge on any atom is -0.419 e. The van der Waals surface area contributed by atoms with Crippen molar-refractivity contribution in [1.29, 1.82) is 0 Å². The van der Waals surface area contributed by atoms with Crippen LogP contribution in [0.1, 0.15) is 37.8 Å². The molecule has 5 heteroatoms. The smallest absolute Gasteiger partial charge is 0.348 e. The summed E-state index contributed by atoms with van der Waals surface area (Å²) in [6, 6.07) is 7.78. The Balaban J connectivity index is 1.87. The van der Waals surface area contributed by atoms with Crippen molar-refractivity contribution in [2.45, 2.75) is 39.0 Å². The maximum atomic E-state index is 12.1. The largest absolute Gasteiger partial charge is 0.419 e. The number of rotatable bonds is 3. The van der Waals surface area contributed by atoms with Crippen molar-refractivity contribution in [1.82, 2.24) is 4.90 Å². The number of benzene rings is 1. The van der Waals surface area contributed by atoms with E-state index in [0.717, 1.165) is 30.8 Å². The Bertz CT molecular complexity index is 635. The van der Waals surface area contributed by atoms with Crippen molar-refractivity contribution in [3.8, 4) is 0 Å². The summed E-state index contributed by atoms with van der Waals surface area (Å²) in [5.74, 6) is -2.48. The first kappa shape index (κ1) is 15.7. The zero-order valence-corrected chi connectivity index (χ0v) is 13.5. The van der Waals surface area contributed by atoms with Crippen LogP contribution in [-0.4, -0.2) is 35.7 Å². The molecule has 2 aliphatic heterocycles. The van der Waals surface area contributed by atoms with E-state index in [0.29, 0.717) is 0 Å². The van der Waals surface area contributed by atoms with E-state index in [4.69, 9.17) is 9.47 Å². The monoisotopic (exact) mass is 315 g/mol. The van der Waals surface area contributed by atoms with Gasteiger partial charge in [0.05, 0.1) is 0 Å². The maximum absolute atomic E-state index is 12.1. The van der Waals surface area contributed by atoms with Crippen molar-refractivity contribution in [3.05, 3.63) is 41.0 Å². The van der Waals surface area contributed by atoms with Crippen LogP contribution in [-0.2, 0) is 25.6 Å². The predicted molar refractivity (Wildman–Crippen MR) is 85.2 cm³/mol. The molecule has 1 aromatic rings. The molecule has 0 N–H and O–H groups in total. The normalized spacial score (nSPS) is 21.0. The Morgan fingerprint density at radius 3 is 2.35 bits per heavy atom. The molecule has 2 saturated heterocycles. The van der Waals surface area contributed by atoms with E-state index in [1.165, 1.54) is 12.8 Å². The number of ether oxygens (including phenoxy) is 2. The van der Waals surface area contributed by atoms with Gasteiger partial charge in [0.15, 0.2) is 0 Å². The van der Waals surface area contributed by atoms with Gasteiger partial charge in [0.25, 0.3) is 5.79 Å². The molecule has 0 saturated carbocycles. The van der Waals surface area contributed by atoms with Gasteiger partial charge >= 0.3 is 11.9 Å². The second-order valence-electron chi connectivity index (χ2n) is 6.42. The highest BCUT2D eigenvalue weighted by atomic mass is 16.7. The zero-order valence-electron chi connectivity index (χ0n) is 13.5. The minimum absolute atomic E-state index is 0.0572. The lowest BCUT2D eigenvalue weighted by molar-refractivity contribution is -0.222. The highest BCUT2D eigenvalue weighted by molar-refractivity contribution is 6.18. The second-order valence-corrected chi connectivity index (χ2v) is 6.42. The van der Waals surface area contributed by atoms with Crippen LogP contribution in [0, 0.1) is 0 Å². The first-order valence-corrected chi connectivity index (χ1v) is 7.93. The van der Waals surface area contributed by atoms with Crippen LogP contribution in [0.4, 0.5) is 0 Å². The van der Waals surface area contributed by atoms with Crippen LogP contribution in [0.5, 0.6) is 0 Å². The lowest BCUT2D eigenvalue weighted by atomic mass is 10.0. The molecule has 0 radical (unpaired) electrons. The fourth-order valence-electron chi connectivity index (χ4n) is 2.93. The van der Waals surface area contributed by atoms with Gasteiger partial charge in [-0.1, -0.05) is 24.3 Å². The number of carbonyl (C=O) groups excluding carboxylic acids is 2. The number of hydrogen-bond donors (Lipinski definition) is 0. The molecule has 0 aromatic heterocycles. The third-order valence-electron chi connectivity index (χ3n) is 4.06. The molecule has 2 fully saturated rings. The van der Waals surface area contributed by atoms with Crippen molar-refractivity contribution < 1.29 is 19.1 Å². The molecule has 3 rings (SSSR count). The summed E-state index contributed by atoms with van der Waals surface area (Å²) in [5.41, 5.74) is 1.88. The Kier molecular flexibility index (Phi) is 4.22. The Hall–Kier alpha value is -2.14. The molecule has 0 aliphatic carbocycles. The fourth-order valence-corrected chi connectivity index (χ4v) is 2.93. The lowest BCUT2D eigenvalue weighted by Gasteiger charge is -2.29. The van der Waals surface area contributed by atoms with Gasteiger partial charge in [-0.25, -0.2) is 9.59 Å². The number of likely N-dealkylation sites (tertiary alicyclic amines) is 1. The van der Waals surface area contributed by atoms with Crippen LogP contribution >= 0.6 is 0 Å². The van der Waals surface area contributed by atoms with Gasteiger partial charge in [-0.3, -0.25) is 4.90 Å². The number of hydrogen-bond acceptors (Lipinski definition) is 5. The maximum Gasteiger partial charge on any atom is 0.348 e. The van der Waals surface area contributed by atoms with Gasteiger partial charge in [-0.05, 0) is 43.1 Å². The van der Waals surface area contributed by atoms with Crippen molar-refractivity contribution in [2.24, 2.45) is 0 Å². The number of carbonyl (C=O) groups is 2. The SMILES string of the molecule is CC1(C)OC(=O)C(=Cc2ccccc2CN2CCCC2)C(=O)O1. The van der Waals surface area contributed by atoms with Gasteiger partial charge in [-0.2, -0.15) is 0 Å². The minimum atomic E-state index is -1.21. The predicted octanol–water partition coefficient (Wildman–Crippen LogP) is 2.50. The topological polar surface area (TPSA) is 55.8 Å². The third-order valence-corrected chi connectivity index (χ3v) is 4.06. The molecule has 0 atom stereocenters. The summed E-state index contributed by atoms with van der Waals surface area (Å²) in [6.07, 6.45) is 4.01. The quantitative estimate of drug-likeness (QED) is 0.487. The molecular weight excluding hydrogens is 294 g/mol. The average Bonchev–Trinajstić information content (AvgIpc) is 2.96. The number of nitrogens with zero attached hydrogens (tertiary/aromatic N) is 1.